The molecule has 2 fully saturated rings. The van der Waals surface area contributed by atoms with Crippen molar-refractivity contribution in [1.29, 1.82) is 0 Å². The number of aliphatic hydroxyl groups is 1. The molecule has 0 bridgehead atoms. The molecule has 0 radical (unpaired) electrons. The van der Waals surface area contributed by atoms with Gasteiger partial charge in [0.1, 0.15) is 0 Å². The molecule has 3 nitrogen and oxygen atoms in total. The summed E-state index contributed by atoms with van der Waals surface area (Å²) in [6, 6.07) is 0. The van der Waals surface area contributed by atoms with Crippen LogP contribution in [-0.2, 0) is 4.74 Å². The van der Waals surface area contributed by atoms with Crippen molar-refractivity contribution in [2.75, 3.05) is 19.7 Å². The maximum atomic E-state index is 9.43. The summed E-state index contributed by atoms with van der Waals surface area (Å²) in [5.74, 6) is 0. The van der Waals surface area contributed by atoms with E-state index in [2.05, 4.69) is 5.32 Å². The molecule has 0 saturated carbocycles. The molecule has 64 valence electrons. The Morgan fingerprint density at radius 3 is 3.09 bits per heavy atom. The van der Waals surface area contributed by atoms with Gasteiger partial charge in [-0.2, -0.15) is 0 Å². The Morgan fingerprint density at radius 2 is 2.45 bits per heavy atom. The predicted octanol–water partition coefficient (Wildman–Crippen LogP) is -0.110. The standard InChI is InChI=1S/C8H15NO2/c10-7-1-4-11-8(5-7)2-3-9-6-8/h7,9-10H,1-6H2/t7-,8+/m0/s1. The van der Waals surface area contributed by atoms with Crippen molar-refractivity contribution in [2.24, 2.45) is 0 Å². The monoisotopic (exact) mass is 157 g/mol. The third kappa shape index (κ3) is 1.41. The van der Waals surface area contributed by atoms with Crippen molar-refractivity contribution >= 4 is 0 Å². The molecule has 2 aliphatic heterocycles. The van der Waals surface area contributed by atoms with Gasteiger partial charge in [-0.1, -0.05) is 0 Å². The maximum Gasteiger partial charge on any atom is 0.0842 e. The minimum atomic E-state index is -0.136. The van der Waals surface area contributed by atoms with Gasteiger partial charge in [0.25, 0.3) is 0 Å². The predicted molar refractivity (Wildman–Crippen MR) is 41.4 cm³/mol. The smallest absolute Gasteiger partial charge is 0.0842 e. The average molecular weight is 157 g/mol. The van der Waals surface area contributed by atoms with Crippen molar-refractivity contribution in [3.05, 3.63) is 0 Å². The molecule has 0 aromatic rings. The fourth-order valence-electron chi connectivity index (χ4n) is 2.02. The van der Waals surface area contributed by atoms with E-state index in [1.807, 2.05) is 0 Å². The van der Waals surface area contributed by atoms with Gasteiger partial charge in [-0.25, -0.2) is 0 Å². The summed E-state index contributed by atoms with van der Waals surface area (Å²) >= 11 is 0. The third-order valence-corrected chi connectivity index (χ3v) is 2.67. The van der Waals surface area contributed by atoms with Gasteiger partial charge in [-0.05, 0) is 19.4 Å². The number of rotatable bonds is 0. The van der Waals surface area contributed by atoms with Crippen molar-refractivity contribution in [1.82, 2.24) is 5.32 Å². The van der Waals surface area contributed by atoms with Crippen LogP contribution in [0, 0.1) is 0 Å². The maximum absolute atomic E-state index is 9.43. The second kappa shape index (κ2) is 2.73. The highest BCUT2D eigenvalue weighted by Crippen LogP contribution is 2.30. The van der Waals surface area contributed by atoms with E-state index in [-0.39, 0.29) is 11.7 Å². The van der Waals surface area contributed by atoms with Crippen LogP contribution in [0.15, 0.2) is 0 Å². The lowest BCUT2D eigenvalue weighted by atomic mass is 9.91. The Morgan fingerprint density at radius 1 is 1.55 bits per heavy atom. The van der Waals surface area contributed by atoms with Gasteiger partial charge in [-0.15, -0.1) is 0 Å². The van der Waals surface area contributed by atoms with Crippen LogP contribution in [0.5, 0.6) is 0 Å². The molecule has 0 aromatic heterocycles. The highest BCUT2D eigenvalue weighted by atomic mass is 16.5. The zero-order valence-electron chi connectivity index (χ0n) is 6.68. The summed E-state index contributed by atoms with van der Waals surface area (Å²) in [5.41, 5.74) is -0.0162. The van der Waals surface area contributed by atoms with Crippen LogP contribution in [0.3, 0.4) is 0 Å². The molecule has 3 heteroatoms. The fourth-order valence-corrected chi connectivity index (χ4v) is 2.02. The molecular weight excluding hydrogens is 142 g/mol. The quantitative estimate of drug-likeness (QED) is 0.515. The summed E-state index contributed by atoms with van der Waals surface area (Å²) in [7, 11) is 0. The molecule has 0 aliphatic carbocycles. The van der Waals surface area contributed by atoms with E-state index in [1.54, 1.807) is 0 Å². The number of hydrogen-bond donors (Lipinski definition) is 2. The zero-order chi connectivity index (χ0) is 7.73. The molecule has 2 aliphatic rings. The summed E-state index contributed by atoms with van der Waals surface area (Å²) in [6.07, 6.45) is 2.55. The lowest BCUT2D eigenvalue weighted by Crippen LogP contribution is -2.43. The Labute approximate surface area is 66.7 Å². The molecule has 1 spiro atoms. The Kier molecular flexibility index (Phi) is 1.87. The Bertz CT molecular complexity index is 143. The van der Waals surface area contributed by atoms with Gasteiger partial charge >= 0.3 is 0 Å². The Hall–Kier alpha value is -0.120. The third-order valence-electron chi connectivity index (χ3n) is 2.67. The van der Waals surface area contributed by atoms with Crippen LogP contribution in [0.4, 0.5) is 0 Å². The molecule has 2 saturated heterocycles. The van der Waals surface area contributed by atoms with Crippen LogP contribution in [0.2, 0.25) is 0 Å². The molecule has 0 unspecified atom stereocenters. The van der Waals surface area contributed by atoms with Crippen LogP contribution in [-0.4, -0.2) is 36.5 Å². The van der Waals surface area contributed by atoms with E-state index < -0.39 is 0 Å². The van der Waals surface area contributed by atoms with Gasteiger partial charge in [0, 0.05) is 19.6 Å². The van der Waals surface area contributed by atoms with E-state index in [1.165, 1.54) is 0 Å². The van der Waals surface area contributed by atoms with E-state index in [9.17, 15) is 5.11 Å². The van der Waals surface area contributed by atoms with Crippen LogP contribution >= 0.6 is 0 Å². The largest absolute Gasteiger partial charge is 0.393 e. The minimum Gasteiger partial charge on any atom is -0.393 e. The van der Waals surface area contributed by atoms with E-state index >= 15 is 0 Å². The first kappa shape index (κ1) is 7.53. The summed E-state index contributed by atoms with van der Waals surface area (Å²) < 4.78 is 5.67. The highest BCUT2D eigenvalue weighted by molar-refractivity contribution is 4.93. The zero-order valence-corrected chi connectivity index (χ0v) is 6.68. The summed E-state index contributed by atoms with van der Waals surface area (Å²) in [6.45, 7) is 2.68. The molecule has 11 heavy (non-hydrogen) atoms. The minimum absolute atomic E-state index is 0.0162. The van der Waals surface area contributed by atoms with Crippen molar-refractivity contribution < 1.29 is 9.84 Å². The molecule has 2 rings (SSSR count). The second-order valence-electron chi connectivity index (χ2n) is 3.60. The van der Waals surface area contributed by atoms with Crippen molar-refractivity contribution in [2.45, 2.75) is 31.0 Å². The lowest BCUT2D eigenvalue weighted by molar-refractivity contribution is -0.106. The van der Waals surface area contributed by atoms with Gasteiger partial charge < -0.3 is 15.2 Å². The van der Waals surface area contributed by atoms with Crippen LogP contribution in [0.25, 0.3) is 0 Å². The average Bonchev–Trinajstić information content (AvgIpc) is 2.37. The number of ether oxygens (including phenoxy) is 1. The number of nitrogens with one attached hydrogen (secondary N) is 1. The van der Waals surface area contributed by atoms with Gasteiger partial charge in [-0.3, -0.25) is 0 Å². The van der Waals surface area contributed by atoms with Gasteiger partial charge in [0.2, 0.25) is 0 Å². The van der Waals surface area contributed by atoms with E-state index in [0.29, 0.717) is 0 Å². The van der Waals surface area contributed by atoms with Crippen molar-refractivity contribution in [3.8, 4) is 0 Å². The highest BCUT2D eigenvalue weighted by Gasteiger charge is 2.39. The molecule has 2 atom stereocenters. The molecule has 0 aromatic carbocycles. The summed E-state index contributed by atoms with van der Waals surface area (Å²) in [4.78, 5) is 0. The summed E-state index contributed by atoms with van der Waals surface area (Å²) in [5, 5.41) is 12.7. The molecule has 0 amide bonds. The molecule has 2 N–H and O–H groups in total. The van der Waals surface area contributed by atoms with Gasteiger partial charge in [0.05, 0.1) is 11.7 Å². The normalized spacial score (nSPS) is 45.0. The second-order valence-corrected chi connectivity index (χ2v) is 3.60. The first-order valence-corrected chi connectivity index (χ1v) is 4.34. The topological polar surface area (TPSA) is 41.5 Å². The van der Waals surface area contributed by atoms with Crippen LogP contribution < -0.4 is 5.32 Å². The van der Waals surface area contributed by atoms with Crippen molar-refractivity contribution in [3.63, 3.8) is 0 Å². The number of hydrogen-bond acceptors (Lipinski definition) is 3. The first-order chi connectivity index (χ1) is 5.31. The van der Waals surface area contributed by atoms with Gasteiger partial charge in [0.15, 0.2) is 0 Å². The SMILES string of the molecule is O[C@H]1CCO[C@]2(CCNC2)C1. The molecule has 2 heterocycles. The fraction of sp³-hybridized carbons (Fsp3) is 1.00. The van der Waals surface area contributed by atoms with E-state index in [0.717, 1.165) is 39.0 Å². The molecular formula is C8H15NO2. The first-order valence-electron chi connectivity index (χ1n) is 4.34. The van der Waals surface area contributed by atoms with Crippen LogP contribution in [0.1, 0.15) is 19.3 Å². The van der Waals surface area contributed by atoms with E-state index in [4.69, 9.17) is 4.74 Å². The number of aliphatic hydroxyl groups excluding tert-OH is 1. The Balaban J connectivity index is 2.00. The lowest BCUT2D eigenvalue weighted by Gasteiger charge is -2.35.